The topological polar surface area (TPSA) is 72.9 Å². The molecule has 0 saturated carbocycles. The Hall–Kier alpha value is -2.96. The summed E-state index contributed by atoms with van der Waals surface area (Å²) >= 11 is 6.51. The van der Waals surface area contributed by atoms with Crippen molar-refractivity contribution in [2.45, 2.75) is 38.6 Å². The highest BCUT2D eigenvalue weighted by Gasteiger charge is 2.46. The maximum atomic E-state index is 6.74. The Bertz CT molecular complexity index is 1340. The minimum absolute atomic E-state index is 0.110. The van der Waals surface area contributed by atoms with E-state index in [-0.39, 0.29) is 11.5 Å². The van der Waals surface area contributed by atoms with E-state index in [1.54, 1.807) is 0 Å². The number of fused-ring (bicyclic) bond motifs is 2. The lowest BCUT2D eigenvalue weighted by molar-refractivity contribution is 0.187. The summed E-state index contributed by atoms with van der Waals surface area (Å²) in [6, 6.07) is 14.7. The van der Waals surface area contributed by atoms with Crippen molar-refractivity contribution in [3.05, 3.63) is 76.6 Å². The Kier molecular flexibility index (Phi) is 4.89. The summed E-state index contributed by atoms with van der Waals surface area (Å²) in [5.41, 5.74) is 12.4. The molecule has 4 aromatic rings. The number of nitrogens with zero attached hydrogens (tertiary/aromatic N) is 5. The van der Waals surface area contributed by atoms with E-state index < -0.39 is 0 Å². The predicted molar refractivity (Wildman–Crippen MR) is 132 cm³/mol. The highest BCUT2D eigenvalue weighted by atomic mass is 35.5. The lowest BCUT2D eigenvalue weighted by Gasteiger charge is -2.42. The number of rotatable bonds is 3. The molecule has 6 nitrogen and oxygen atoms in total. The fourth-order valence-corrected chi connectivity index (χ4v) is 5.91. The fraction of sp³-hybridized carbons (Fsp3) is 0.346. The zero-order valence-corrected chi connectivity index (χ0v) is 19.5. The first-order valence-electron chi connectivity index (χ1n) is 11.7. The van der Waals surface area contributed by atoms with Crippen LogP contribution in [0.5, 0.6) is 0 Å². The molecule has 0 amide bonds. The van der Waals surface area contributed by atoms with Crippen LogP contribution in [0.3, 0.4) is 0 Å². The Morgan fingerprint density at radius 1 is 1.12 bits per heavy atom. The molecule has 2 aromatic heterocycles. The summed E-state index contributed by atoms with van der Waals surface area (Å²) < 4.78 is 1.84. The van der Waals surface area contributed by atoms with Crippen LogP contribution in [-0.4, -0.2) is 32.8 Å². The molecule has 1 fully saturated rings. The van der Waals surface area contributed by atoms with Crippen molar-refractivity contribution in [1.29, 1.82) is 0 Å². The van der Waals surface area contributed by atoms with Crippen LogP contribution in [0.4, 0.5) is 5.95 Å². The molecule has 1 spiro atoms. The lowest BCUT2D eigenvalue weighted by atomic mass is 9.73. The van der Waals surface area contributed by atoms with Crippen LogP contribution in [0, 0.1) is 5.41 Å². The smallest absolute Gasteiger partial charge is 0.227 e. The van der Waals surface area contributed by atoms with Gasteiger partial charge in [-0.15, -0.1) is 5.10 Å². The normalized spacial score (nSPS) is 19.4. The summed E-state index contributed by atoms with van der Waals surface area (Å²) in [7, 11) is 0. The van der Waals surface area contributed by atoms with Gasteiger partial charge in [0.1, 0.15) is 0 Å². The molecule has 0 bridgehead atoms. The van der Waals surface area contributed by atoms with Gasteiger partial charge in [-0.2, -0.15) is 4.98 Å². The molecule has 2 aliphatic rings. The van der Waals surface area contributed by atoms with Gasteiger partial charge in [-0.05, 0) is 53.9 Å². The summed E-state index contributed by atoms with van der Waals surface area (Å²) in [5, 5.41) is 6.34. The van der Waals surface area contributed by atoms with Gasteiger partial charge in [0.25, 0.3) is 0 Å². The third kappa shape index (κ3) is 3.31. The van der Waals surface area contributed by atoms with Crippen molar-refractivity contribution >= 4 is 28.6 Å². The fourth-order valence-electron chi connectivity index (χ4n) is 5.63. The van der Waals surface area contributed by atoms with Gasteiger partial charge in [0, 0.05) is 31.5 Å². The Morgan fingerprint density at radius 3 is 2.73 bits per heavy atom. The maximum Gasteiger partial charge on any atom is 0.227 e. The molecule has 0 radical (unpaired) electrons. The standard InChI is InChI=1S/C26H27ClN6/c1-2-17-7-5-9-21(27)22(17)33-16-19-15-29-25(30-24(19)31-33)32-12-10-26(11-13-32)14-18-6-3-4-8-20(18)23(26)28/h3-9,15-16,23H,2,10-14,28H2,1H3/t23-/m1/s1. The number of halogens is 1. The number of benzene rings is 2. The largest absolute Gasteiger partial charge is 0.341 e. The van der Waals surface area contributed by atoms with E-state index in [1.165, 1.54) is 11.1 Å². The Balaban J connectivity index is 1.25. The minimum Gasteiger partial charge on any atom is -0.341 e. The minimum atomic E-state index is 0.110. The second kappa shape index (κ2) is 7.82. The second-order valence-electron chi connectivity index (χ2n) is 9.33. The molecule has 168 valence electrons. The molecule has 7 heteroatoms. The van der Waals surface area contributed by atoms with Gasteiger partial charge in [0.2, 0.25) is 5.95 Å². The van der Waals surface area contributed by atoms with Crippen molar-refractivity contribution < 1.29 is 0 Å². The van der Waals surface area contributed by atoms with Crippen LogP contribution in [-0.2, 0) is 12.8 Å². The van der Waals surface area contributed by atoms with Crippen LogP contribution >= 0.6 is 11.6 Å². The van der Waals surface area contributed by atoms with Crippen LogP contribution < -0.4 is 10.6 Å². The van der Waals surface area contributed by atoms with E-state index in [4.69, 9.17) is 27.4 Å². The molecule has 1 atom stereocenters. The number of aryl methyl sites for hydroxylation is 1. The Labute approximate surface area is 198 Å². The van der Waals surface area contributed by atoms with Crippen LogP contribution in [0.15, 0.2) is 54.9 Å². The average molecular weight is 459 g/mol. The zero-order valence-electron chi connectivity index (χ0n) is 18.7. The lowest BCUT2D eigenvalue weighted by Crippen LogP contribution is -2.44. The highest BCUT2D eigenvalue weighted by molar-refractivity contribution is 6.32. The monoisotopic (exact) mass is 458 g/mol. The van der Waals surface area contributed by atoms with Crippen molar-refractivity contribution in [1.82, 2.24) is 19.7 Å². The SMILES string of the molecule is CCc1cccc(Cl)c1-n1cc2cnc(N3CCC4(CC3)Cc3ccccc3[C@H]4N)nc2n1. The van der Waals surface area contributed by atoms with Gasteiger partial charge in [-0.25, -0.2) is 9.67 Å². The first-order valence-corrected chi connectivity index (χ1v) is 12.0. The number of piperidine rings is 1. The number of hydrogen-bond donors (Lipinski definition) is 1. The van der Waals surface area contributed by atoms with Crippen LogP contribution in [0.2, 0.25) is 5.02 Å². The molecular weight excluding hydrogens is 432 g/mol. The van der Waals surface area contributed by atoms with Gasteiger partial charge < -0.3 is 10.6 Å². The van der Waals surface area contributed by atoms with E-state index in [1.807, 2.05) is 29.2 Å². The third-order valence-electron chi connectivity index (χ3n) is 7.56. The zero-order chi connectivity index (χ0) is 22.6. The highest BCUT2D eigenvalue weighted by Crippen LogP contribution is 2.50. The Morgan fingerprint density at radius 2 is 1.94 bits per heavy atom. The molecule has 1 aliphatic carbocycles. The number of para-hydroxylation sites is 1. The van der Waals surface area contributed by atoms with E-state index in [0.29, 0.717) is 10.7 Å². The molecule has 0 unspecified atom stereocenters. The van der Waals surface area contributed by atoms with E-state index in [9.17, 15) is 0 Å². The van der Waals surface area contributed by atoms with Gasteiger partial charge in [0.05, 0.1) is 16.1 Å². The molecular formula is C26H27ClN6. The van der Waals surface area contributed by atoms with Crippen LogP contribution in [0.25, 0.3) is 16.7 Å². The molecule has 2 N–H and O–H groups in total. The summed E-state index contributed by atoms with van der Waals surface area (Å²) in [5.74, 6) is 0.738. The quantitative estimate of drug-likeness (QED) is 0.474. The predicted octanol–water partition coefficient (Wildman–Crippen LogP) is 4.87. The van der Waals surface area contributed by atoms with Crippen molar-refractivity contribution in [3.8, 4) is 5.69 Å². The molecule has 33 heavy (non-hydrogen) atoms. The average Bonchev–Trinajstić information content (AvgIpc) is 3.38. The van der Waals surface area contributed by atoms with Crippen molar-refractivity contribution in [3.63, 3.8) is 0 Å². The van der Waals surface area contributed by atoms with Gasteiger partial charge in [-0.3, -0.25) is 0 Å². The third-order valence-corrected chi connectivity index (χ3v) is 7.87. The number of anilines is 1. The molecule has 3 heterocycles. The number of hydrogen-bond acceptors (Lipinski definition) is 5. The van der Waals surface area contributed by atoms with Crippen molar-refractivity contribution in [2.75, 3.05) is 18.0 Å². The summed E-state index contributed by atoms with van der Waals surface area (Å²) in [4.78, 5) is 11.8. The van der Waals surface area contributed by atoms with E-state index >= 15 is 0 Å². The van der Waals surface area contributed by atoms with E-state index in [2.05, 4.69) is 47.1 Å². The molecule has 1 aliphatic heterocycles. The van der Waals surface area contributed by atoms with E-state index in [0.717, 1.165) is 61.4 Å². The second-order valence-corrected chi connectivity index (χ2v) is 9.73. The molecule has 1 saturated heterocycles. The van der Waals surface area contributed by atoms with Gasteiger partial charge in [-0.1, -0.05) is 54.9 Å². The first-order chi connectivity index (χ1) is 16.1. The molecule has 2 aromatic carbocycles. The van der Waals surface area contributed by atoms with Crippen molar-refractivity contribution in [2.24, 2.45) is 11.1 Å². The van der Waals surface area contributed by atoms with Gasteiger partial charge in [0.15, 0.2) is 5.65 Å². The molecule has 6 rings (SSSR count). The van der Waals surface area contributed by atoms with Crippen LogP contribution in [0.1, 0.15) is 42.5 Å². The summed E-state index contributed by atoms with van der Waals surface area (Å²) in [6.45, 7) is 3.92. The maximum absolute atomic E-state index is 6.74. The first kappa shape index (κ1) is 20.6. The van der Waals surface area contributed by atoms with Gasteiger partial charge >= 0.3 is 0 Å². The number of nitrogens with two attached hydrogens (primary N) is 1. The summed E-state index contributed by atoms with van der Waals surface area (Å²) in [6.07, 6.45) is 7.85. The number of aromatic nitrogens is 4.